The van der Waals surface area contributed by atoms with Crippen LogP contribution in [0.1, 0.15) is 65.7 Å². The second kappa shape index (κ2) is 7.13. The van der Waals surface area contributed by atoms with Gasteiger partial charge in [-0.3, -0.25) is 4.79 Å². The monoisotopic (exact) mass is 254 g/mol. The van der Waals surface area contributed by atoms with Crippen molar-refractivity contribution < 1.29 is 4.79 Å². The van der Waals surface area contributed by atoms with Crippen molar-refractivity contribution in [1.29, 1.82) is 0 Å². The fraction of sp³-hybridized carbons (Fsp3) is 0.933. The van der Waals surface area contributed by atoms with E-state index in [1.807, 2.05) is 0 Å². The molecule has 3 nitrogen and oxygen atoms in total. The first-order valence-corrected chi connectivity index (χ1v) is 7.62. The van der Waals surface area contributed by atoms with Gasteiger partial charge in [-0.1, -0.05) is 26.7 Å². The highest BCUT2D eigenvalue weighted by molar-refractivity contribution is 5.83. The number of hydrogen-bond acceptors (Lipinski definition) is 2. The third-order valence-corrected chi connectivity index (χ3v) is 4.37. The summed E-state index contributed by atoms with van der Waals surface area (Å²) in [6, 6.07) is 0.394. The molecule has 1 saturated heterocycles. The number of nitrogens with zero attached hydrogens (tertiary/aromatic N) is 1. The summed E-state index contributed by atoms with van der Waals surface area (Å²) in [5.74, 6) is 0.320. The van der Waals surface area contributed by atoms with Crippen molar-refractivity contribution in [3.63, 3.8) is 0 Å². The van der Waals surface area contributed by atoms with Crippen molar-refractivity contribution in [2.45, 2.75) is 71.8 Å². The highest BCUT2D eigenvalue weighted by atomic mass is 16.2. The van der Waals surface area contributed by atoms with E-state index in [0.717, 1.165) is 45.1 Å². The van der Waals surface area contributed by atoms with Gasteiger partial charge in [-0.25, -0.2) is 0 Å². The molecule has 2 N–H and O–H groups in total. The smallest absolute Gasteiger partial charge is 0.230 e. The second-order valence-electron chi connectivity index (χ2n) is 5.83. The van der Waals surface area contributed by atoms with Crippen LogP contribution in [0.3, 0.4) is 0 Å². The van der Waals surface area contributed by atoms with Gasteiger partial charge in [-0.15, -0.1) is 0 Å². The highest BCUT2D eigenvalue weighted by Crippen LogP contribution is 2.33. The third-order valence-electron chi connectivity index (χ3n) is 4.37. The zero-order chi connectivity index (χ0) is 13.6. The van der Waals surface area contributed by atoms with Crippen LogP contribution in [-0.4, -0.2) is 29.9 Å². The predicted molar refractivity (Wildman–Crippen MR) is 76.3 cm³/mol. The van der Waals surface area contributed by atoms with E-state index in [1.54, 1.807) is 0 Å². The maximum absolute atomic E-state index is 12.9. The summed E-state index contributed by atoms with van der Waals surface area (Å²) in [4.78, 5) is 15.0. The van der Waals surface area contributed by atoms with Crippen LogP contribution in [0.25, 0.3) is 0 Å². The SMILES string of the molecule is CCCC(CN)(CCC)C(=O)N1CCCCC1C. The van der Waals surface area contributed by atoms with Crippen LogP contribution in [0.5, 0.6) is 0 Å². The van der Waals surface area contributed by atoms with Crippen LogP contribution in [-0.2, 0) is 4.79 Å². The van der Waals surface area contributed by atoms with Gasteiger partial charge in [0.25, 0.3) is 0 Å². The second-order valence-corrected chi connectivity index (χ2v) is 5.83. The lowest BCUT2D eigenvalue weighted by Gasteiger charge is -2.41. The Morgan fingerprint density at radius 3 is 2.33 bits per heavy atom. The Morgan fingerprint density at radius 1 is 1.28 bits per heavy atom. The van der Waals surface area contributed by atoms with Crippen LogP contribution in [0.4, 0.5) is 0 Å². The number of nitrogens with two attached hydrogens (primary N) is 1. The van der Waals surface area contributed by atoms with E-state index < -0.39 is 0 Å². The van der Waals surface area contributed by atoms with Gasteiger partial charge in [-0.05, 0) is 39.0 Å². The average molecular weight is 254 g/mol. The molecule has 3 heteroatoms. The van der Waals surface area contributed by atoms with Gasteiger partial charge in [0.1, 0.15) is 0 Å². The van der Waals surface area contributed by atoms with Crippen LogP contribution in [0.2, 0.25) is 0 Å². The van der Waals surface area contributed by atoms with Crippen molar-refractivity contribution >= 4 is 5.91 Å². The molecule has 0 aromatic rings. The molecule has 1 fully saturated rings. The molecule has 1 heterocycles. The minimum Gasteiger partial charge on any atom is -0.339 e. The number of amides is 1. The lowest BCUT2D eigenvalue weighted by molar-refractivity contribution is -0.146. The number of likely N-dealkylation sites (tertiary alicyclic amines) is 1. The van der Waals surface area contributed by atoms with Crippen molar-refractivity contribution in [3.05, 3.63) is 0 Å². The molecule has 18 heavy (non-hydrogen) atoms. The molecule has 1 aliphatic heterocycles. The zero-order valence-corrected chi connectivity index (χ0v) is 12.4. The Morgan fingerprint density at radius 2 is 1.89 bits per heavy atom. The topological polar surface area (TPSA) is 46.3 Å². The van der Waals surface area contributed by atoms with E-state index in [4.69, 9.17) is 5.73 Å². The molecule has 1 rings (SSSR count). The Labute approximate surface area is 112 Å². The van der Waals surface area contributed by atoms with E-state index in [9.17, 15) is 4.79 Å². The minimum atomic E-state index is -0.297. The van der Waals surface area contributed by atoms with Gasteiger partial charge in [0.15, 0.2) is 0 Å². The Balaban J connectivity index is 2.85. The molecule has 0 aromatic carbocycles. The largest absolute Gasteiger partial charge is 0.339 e. The molecule has 0 saturated carbocycles. The third kappa shape index (κ3) is 3.25. The minimum absolute atomic E-state index is 0.297. The summed E-state index contributed by atoms with van der Waals surface area (Å²) in [6.45, 7) is 7.89. The summed E-state index contributed by atoms with van der Waals surface area (Å²) < 4.78 is 0. The Bertz CT molecular complexity index is 259. The first-order valence-electron chi connectivity index (χ1n) is 7.62. The maximum atomic E-state index is 12.9. The van der Waals surface area contributed by atoms with E-state index >= 15 is 0 Å². The molecule has 1 atom stereocenters. The molecule has 0 aromatic heterocycles. The number of piperidine rings is 1. The van der Waals surface area contributed by atoms with Gasteiger partial charge in [-0.2, -0.15) is 0 Å². The zero-order valence-electron chi connectivity index (χ0n) is 12.4. The van der Waals surface area contributed by atoms with E-state index in [1.165, 1.54) is 6.42 Å². The van der Waals surface area contributed by atoms with Gasteiger partial charge in [0, 0.05) is 19.1 Å². The fourth-order valence-electron chi connectivity index (χ4n) is 3.29. The van der Waals surface area contributed by atoms with Crippen molar-refractivity contribution in [3.8, 4) is 0 Å². The summed E-state index contributed by atoms with van der Waals surface area (Å²) in [5, 5.41) is 0. The molecule has 0 radical (unpaired) electrons. The summed E-state index contributed by atoms with van der Waals surface area (Å²) in [6.07, 6.45) is 7.47. The van der Waals surface area contributed by atoms with E-state index in [0.29, 0.717) is 18.5 Å². The van der Waals surface area contributed by atoms with Crippen molar-refractivity contribution in [2.75, 3.05) is 13.1 Å². The Hall–Kier alpha value is -0.570. The van der Waals surface area contributed by atoms with E-state index in [2.05, 4.69) is 25.7 Å². The maximum Gasteiger partial charge on any atom is 0.230 e. The van der Waals surface area contributed by atoms with Crippen molar-refractivity contribution in [2.24, 2.45) is 11.1 Å². The molecular weight excluding hydrogens is 224 g/mol. The highest BCUT2D eigenvalue weighted by Gasteiger charge is 2.40. The number of carbonyl (C=O) groups excluding carboxylic acids is 1. The summed E-state index contributed by atoms with van der Waals surface area (Å²) in [7, 11) is 0. The normalized spacial score (nSPS) is 21.1. The Kier molecular flexibility index (Phi) is 6.13. The molecule has 1 amide bonds. The molecule has 1 unspecified atom stereocenters. The van der Waals surface area contributed by atoms with Gasteiger partial charge in [0.2, 0.25) is 5.91 Å². The van der Waals surface area contributed by atoms with Gasteiger partial charge >= 0.3 is 0 Å². The molecule has 0 bridgehead atoms. The predicted octanol–water partition coefficient (Wildman–Crippen LogP) is 2.93. The summed E-state index contributed by atoms with van der Waals surface area (Å²) >= 11 is 0. The molecule has 0 spiro atoms. The van der Waals surface area contributed by atoms with Crippen LogP contribution < -0.4 is 5.73 Å². The number of rotatable bonds is 6. The van der Waals surface area contributed by atoms with Crippen LogP contribution in [0, 0.1) is 5.41 Å². The summed E-state index contributed by atoms with van der Waals surface area (Å²) in [5.41, 5.74) is 5.69. The quantitative estimate of drug-likeness (QED) is 0.792. The molecular formula is C15H30N2O. The first kappa shape index (κ1) is 15.5. The van der Waals surface area contributed by atoms with Gasteiger partial charge in [0.05, 0.1) is 5.41 Å². The molecule has 1 aliphatic rings. The number of hydrogen-bond donors (Lipinski definition) is 1. The lowest BCUT2D eigenvalue weighted by atomic mass is 9.77. The molecule has 106 valence electrons. The lowest BCUT2D eigenvalue weighted by Crippen LogP contribution is -2.52. The first-order chi connectivity index (χ1) is 8.61. The van der Waals surface area contributed by atoms with Crippen LogP contribution >= 0.6 is 0 Å². The van der Waals surface area contributed by atoms with Crippen molar-refractivity contribution in [1.82, 2.24) is 4.90 Å². The van der Waals surface area contributed by atoms with E-state index in [-0.39, 0.29) is 5.41 Å². The average Bonchev–Trinajstić information content (AvgIpc) is 2.38. The number of carbonyl (C=O) groups is 1. The standard InChI is InChI=1S/C15H30N2O/c1-4-9-15(12-16,10-5-2)14(18)17-11-7-6-8-13(17)3/h13H,4-12,16H2,1-3H3. The molecule has 0 aliphatic carbocycles. The van der Waals surface area contributed by atoms with Crippen LogP contribution in [0.15, 0.2) is 0 Å². The fourth-order valence-corrected chi connectivity index (χ4v) is 3.29. The van der Waals surface area contributed by atoms with Gasteiger partial charge < -0.3 is 10.6 Å².